The third-order valence-corrected chi connectivity index (χ3v) is 1.16. The van der Waals surface area contributed by atoms with E-state index in [9.17, 15) is 5.21 Å². The van der Waals surface area contributed by atoms with Crippen LogP contribution in [0.15, 0.2) is 18.2 Å². The fourth-order valence-electron chi connectivity index (χ4n) is 0.625. The minimum absolute atomic E-state index is 0.245. The first-order valence-corrected chi connectivity index (χ1v) is 2.66. The predicted octanol–water partition coefficient (Wildman–Crippen LogP) is 0.211. The van der Waals surface area contributed by atoms with Gasteiger partial charge < -0.3 is 5.21 Å². The molecule has 0 bridgehead atoms. The van der Waals surface area contributed by atoms with Gasteiger partial charge in [-0.2, -0.15) is 0 Å². The molecule has 0 unspecified atom stereocenters. The van der Waals surface area contributed by atoms with Crippen molar-refractivity contribution < 1.29 is 4.73 Å². The molecule has 3 heteroatoms. The Bertz CT molecular complexity index is 202. The van der Waals surface area contributed by atoms with Gasteiger partial charge in [-0.05, 0) is 13.0 Å². The Morgan fingerprint density at radius 1 is 1.56 bits per heavy atom. The highest BCUT2D eigenvalue weighted by molar-refractivity contribution is 5.20. The molecule has 0 aliphatic rings. The van der Waals surface area contributed by atoms with Crippen LogP contribution in [-0.4, -0.2) is 0 Å². The second kappa shape index (κ2) is 1.93. The van der Waals surface area contributed by atoms with Crippen molar-refractivity contribution >= 4 is 5.82 Å². The van der Waals surface area contributed by atoms with E-state index < -0.39 is 0 Å². The summed E-state index contributed by atoms with van der Waals surface area (Å²) in [4.78, 5) is 0. The molecule has 3 nitrogen and oxygen atoms in total. The lowest BCUT2D eigenvalue weighted by Crippen LogP contribution is -2.33. The summed E-state index contributed by atoms with van der Waals surface area (Å²) in [5, 5.41) is 10.8. The Balaban J connectivity index is 3.25. The number of aryl methyl sites for hydroxylation is 1. The molecule has 0 aromatic carbocycles. The number of hydrogen-bond donors (Lipinski definition) is 1. The maximum atomic E-state index is 10.8. The van der Waals surface area contributed by atoms with Gasteiger partial charge in [-0.3, -0.25) is 5.73 Å². The highest BCUT2D eigenvalue weighted by Gasteiger charge is 1.95. The molecule has 9 heavy (non-hydrogen) atoms. The van der Waals surface area contributed by atoms with Gasteiger partial charge in [-0.1, -0.05) is 6.07 Å². The SMILES string of the molecule is Cc1cccc(N)[n+]1[O-]. The molecule has 2 N–H and O–H groups in total. The maximum Gasteiger partial charge on any atom is 0.275 e. The fourth-order valence-corrected chi connectivity index (χ4v) is 0.625. The number of nitrogens with two attached hydrogens (primary N) is 1. The molecule has 0 saturated carbocycles. The molecule has 0 radical (unpaired) electrons. The van der Waals surface area contributed by atoms with E-state index in [1.165, 1.54) is 0 Å². The summed E-state index contributed by atoms with van der Waals surface area (Å²) >= 11 is 0. The zero-order valence-electron chi connectivity index (χ0n) is 5.16. The summed E-state index contributed by atoms with van der Waals surface area (Å²) in [6.45, 7) is 1.71. The van der Waals surface area contributed by atoms with Crippen LogP contribution in [0.5, 0.6) is 0 Å². The highest BCUT2D eigenvalue weighted by Crippen LogP contribution is 1.93. The minimum atomic E-state index is 0.245. The van der Waals surface area contributed by atoms with Gasteiger partial charge in [0.1, 0.15) is 5.69 Å². The second-order valence-electron chi connectivity index (χ2n) is 1.89. The van der Waals surface area contributed by atoms with Crippen LogP contribution in [0.4, 0.5) is 5.82 Å². The smallest absolute Gasteiger partial charge is 0.275 e. The average molecular weight is 124 g/mol. The van der Waals surface area contributed by atoms with Crippen molar-refractivity contribution in [2.24, 2.45) is 0 Å². The monoisotopic (exact) mass is 124 g/mol. The van der Waals surface area contributed by atoms with Gasteiger partial charge in [0.2, 0.25) is 0 Å². The number of nitrogen functional groups attached to an aromatic ring is 1. The highest BCUT2D eigenvalue weighted by atomic mass is 16.5. The van der Waals surface area contributed by atoms with Gasteiger partial charge in [-0.15, -0.1) is 0 Å². The largest absolute Gasteiger partial charge is 0.710 e. The molecule has 1 rings (SSSR count). The molecule has 1 aromatic heterocycles. The Kier molecular flexibility index (Phi) is 1.26. The number of hydrogen-bond acceptors (Lipinski definition) is 2. The van der Waals surface area contributed by atoms with Gasteiger partial charge in [0.15, 0.2) is 0 Å². The van der Waals surface area contributed by atoms with Crippen molar-refractivity contribution in [1.29, 1.82) is 0 Å². The van der Waals surface area contributed by atoms with E-state index in [0.717, 1.165) is 0 Å². The Labute approximate surface area is 53.3 Å². The summed E-state index contributed by atoms with van der Waals surface area (Å²) in [6, 6.07) is 5.03. The number of nitrogens with zero attached hydrogens (tertiary/aromatic N) is 1. The second-order valence-corrected chi connectivity index (χ2v) is 1.89. The van der Waals surface area contributed by atoms with Crippen LogP contribution in [0.2, 0.25) is 0 Å². The van der Waals surface area contributed by atoms with E-state index in [1.807, 2.05) is 0 Å². The summed E-state index contributed by atoms with van der Waals surface area (Å²) in [6.07, 6.45) is 0. The summed E-state index contributed by atoms with van der Waals surface area (Å²) in [5.74, 6) is 0.245. The van der Waals surface area contributed by atoms with Crippen LogP contribution >= 0.6 is 0 Å². The number of anilines is 1. The molecule has 0 fully saturated rings. The molecule has 0 saturated heterocycles. The number of aromatic nitrogens is 1. The van der Waals surface area contributed by atoms with Crippen LogP contribution in [0.3, 0.4) is 0 Å². The molecular weight excluding hydrogens is 116 g/mol. The van der Waals surface area contributed by atoms with Gasteiger partial charge in [-0.25, -0.2) is 4.73 Å². The molecule has 48 valence electrons. The first-order valence-electron chi connectivity index (χ1n) is 2.66. The molecule has 0 atom stereocenters. The number of pyridine rings is 1. The molecule has 1 aromatic rings. The molecule has 1 heterocycles. The first kappa shape index (κ1) is 5.88. The normalized spacial score (nSPS) is 9.44. The van der Waals surface area contributed by atoms with Crippen LogP contribution < -0.4 is 10.5 Å². The summed E-state index contributed by atoms with van der Waals surface area (Å²) in [7, 11) is 0. The van der Waals surface area contributed by atoms with Crippen molar-refractivity contribution in [2.75, 3.05) is 5.73 Å². The first-order chi connectivity index (χ1) is 4.22. The van der Waals surface area contributed by atoms with Gasteiger partial charge in [0.25, 0.3) is 5.82 Å². The Hall–Kier alpha value is -1.25. The summed E-state index contributed by atoms with van der Waals surface area (Å²) in [5.41, 5.74) is 5.89. The van der Waals surface area contributed by atoms with E-state index in [2.05, 4.69) is 0 Å². The van der Waals surface area contributed by atoms with Gasteiger partial charge in [0, 0.05) is 6.07 Å². The predicted molar refractivity (Wildman–Crippen MR) is 34.6 cm³/mol. The van der Waals surface area contributed by atoms with Crippen molar-refractivity contribution in [2.45, 2.75) is 6.92 Å². The maximum absolute atomic E-state index is 10.8. The van der Waals surface area contributed by atoms with Crippen molar-refractivity contribution in [1.82, 2.24) is 0 Å². The van der Waals surface area contributed by atoms with Crippen molar-refractivity contribution in [3.05, 3.63) is 29.1 Å². The Morgan fingerprint density at radius 2 is 2.22 bits per heavy atom. The molecular formula is C6H8N2O. The number of rotatable bonds is 0. The average Bonchev–Trinajstić information content (AvgIpc) is 1.83. The van der Waals surface area contributed by atoms with Crippen molar-refractivity contribution in [3.8, 4) is 0 Å². The van der Waals surface area contributed by atoms with Gasteiger partial charge >= 0.3 is 0 Å². The lowest BCUT2D eigenvalue weighted by atomic mass is 10.4. The van der Waals surface area contributed by atoms with E-state index in [1.54, 1.807) is 25.1 Å². The van der Waals surface area contributed by atoms with E-state index in [-0.39, 0.29) is 5.82 Å². The van der Waals surface area contributed by atoms with Crippen LogP contribution in [0.25, 0.3) is 0 Å². The lowest BCUT2D eigenvalue weighted by molar-refractivity contribution is -0.596. The Morgan fingerprint density at radius 3 is 2.67 bits per heavy atom. The topological polar surface area (TPSA) is 53.0 Å². The zero-order chi connectivity index (χ0) is 6.85. The quantitative estimate of drug-likeness (QED) is 0.397. The minimum Gasteiger partial charge on any atom is -0.710 e. The van der Waals surface area contributed by atoms with Gasteiger partial charge in [0.05, 0.1) is 0 Å². The molecule has 0 aliphatic heterocycles. The van der Waals surface area contributed by atoms with Crippen LogP contribution in [0, 0.1) is 12.1 Å². The van der Waals surface area contributed by atoms with E-state index in [4.69, 9.17) is 5.73 Å². The van der Waals surface area contributed by atoms with Crippen molar-refractivity contribution in [3.63, 3.8) is 0 Å². The van der Waals surface area contributed by atoms with Crippen LogP contribution in [0.1, 0.15) is 5.69 Å². The zero-order valence-corrected chi connectivity index (χ0v) is 5.16. The van der Waals surface area contributed by atoms with Crippen LogP contribution in [-0.2, 0) is 0 Å². The third kappa shape index (κ3) is 0.937. The van der Waals surface area contributed by atoms with E-state index >= 15 is 0 Å². The lowest BCUT2D eigenvalue weighted by Gasteiger charge is -2.05. The van der Waals surface area contributed by atoms with E-state index in [0.29, 0.717) is 10.4 Å². The molecule has 0 spiro atoms. The standard InChI is InChI=1S/C6H8N2O/c1-5-3-2-4-6(7)8(5)9/h2-4H,7H2,1H3. The third-order valence-electron chi connectivity index (χ3n) is 1.16. The molecule has 0 aliphatic carbocycles. The molecule has 0 amide bonds. The summed E-state index contributed by atoms with van der Waals surface area (Å²) < 4.78 is 0.694. The fraction of sp³-hybridized carbons (Fsp3) is 0.167.